The third kappa shape index (κ3) is 2.62. The van der Waals surface area contributed by atoms with Gasteiger partial charge in [-0.05, 0) is 69.0 Å². The Morgan fingerprint density at radius 1 is 0.722 bits per heavy atom. The molecule has 0 heterocycles. The molecular formula is C17H20S. The molecule has 0 aliphatic heterocycles. The van der Waals surface area contributed by atoms with Crippen LogP contribution in [-0.2, 0) is 0 Å². The van der Waals surface area contributed by atoms with Gasteiger partial charge in [-0.25, -0.2) is 0 Å². The maximum atomic E-state index is 2.28. The summed E-state index contributed by atoms with van der Waals surface area (Å²) in [6, 6.07) is 11.0. The van der Waals surface area contributed by atoms with Gasteiger partial charge in [0, 0.05) is 9.79 Å². The number of benzene rings is 2. The van der Waals surface area contributed by atoms with Gasteiger partial charge in [-0.15, -0.1) is 0 Å². The molecule has 0 saturated carbocycles. The first-order valence-electron chi connectivity index (χ1n) is 6.31. The molecule has 0 bridgehead atoms. The summed E-state index contributed by atoms with van der Waals surface area (Å²) in [6.07, 6.45) is 0. The summed E-state index contributed by atoms with van der Waals surface area (Å²) < 4.78 is 0. The Bertz CT molecular complexity index is 539. The fraction of sp³-hybridized carbons (Fsp3) is 0.294. The summed E-state index contributed by atoms with van der Waals surface area (Å²) in [7, 11) is 0. The lowest BCUT2D eigenvalue weighted by Gasteiger charge is -2.14. The van der Waals surface area contributed by atoms with E-state index in [1.54, 1.807) is 0 Å². The van der Waals surface area contributed by atoms with Crippen molar-refractivity contribution in [2.45, 2.75) is 44.4 Å². The third-order valence-corrected chi connectivity index (χ3v) is 4.86. The van der Waals surface area contributed by atoms with Crippen LogP contribution in [-0.4, -0.2) is 0 Å². The topological polar surface area (TPSA) is 0 Å². The number of hydrogen-bond donors (Lipinski definition) is 0. The summed E-state index contributed by atoms with van der Waals surface area (Å²) in [4.78, 5) is 2.73. The number of aryl methyl sites for hydroxylation is 3. The largest absolute Gasteiger partial charge is 0.0895 e. The monoisotopic (exact) mass is 256 g/mol. The van der Waals surface area contributed by atoms with E-state index >= 15 is 0 Å². The highest BCUT2D eigenvalue weighted by molar-refractivity contribution is 7.99. The van der Waals surface area contributed by atoms with Gasteiger partial charge in [-0.2, -0.15) is 0 Å². The first kappa shape index (κ1) is 13.2. The molecule has 0 fully saturated rings. The zero-order valence-electron chi connectivity index (χ0n) is 11.8. The Kier molecular flexibility index (Phi) is 3.82. The Labute approximate surface area is 114 Å². The van der Waals surface area contributed by atoms with Crippen LogP contribution in [0.1, 0.15) is 27.8 Å². The van der Waals surface area contributed by atoms with Crippen LogP contribution in [0.25, 0.3) is 0 Å². The van der Waals surface area contributed by atoms with Gasteiger partial charge in [-0.3, -0.25) is 0 Å². The van der Waals surface area contributed by atoms with E-state index in [1.807, 2.05) is 11.8 Å². The molecule has 1 heteroatoms. The van der Waals surface area contributed by atoms with Crippen LogP contribution in [0, 0.1) is 34.6 Å². The lowest BCUT2D eigenvalue weighted by atomic mass is 10.0. The second kappa shape index (κ2) is 5.19. The maximum Gasteiger partial charge on any atom is 0.0186 e. The van der Waals surface area contributed by atoms with Crippen LogP contribution in [0.3, 0.4) is 0 Å². The summed E-state index contributed by atoms with van der Waals surface area (Å²) in [5.74, 6) is 0. The molecule has 0 N–H and O–H groups in total. The van der Waals surface area contributed by atoms with Gasteiger partial charge in [0.1, 0.15) is 0 Å². The first-order chi connectivity index (χ1) is 8.49. The van der Waals surface area contributed by atoms with Crippen LogP contribution in [0.15, 0.2) is 40.1 Å². The van der Waals surface area contributed by atoms with Gasteiger partial charge >= 0.3 is 0 Å². The fourth-order valence-electron chi connectivity index (χ4n) is 2.06. The molecule has 2 aromatic rings. The molecule has 18 heavy (non-hydrogen) atoms. The lowest BCUT2D eigenvalue weighted by molar-refractivity contribution is 1.13. The summed E-state index contributed by atoms with van der Waals surface area (Å²) in [5.41, 5.74) is 6.89. The average molecular weight is 256 g/mol. The summed E-state index contributed by atoms with van der Waals surface area (Å²) in [5, 5.41) is 0. The highest BCUT2D eigenvalue weighted by Crippen LogP contribution is 2.35. The minimum absolute atomic E-state index is 1.31. The molecule has 0 saturated heterocycles. The highest BCUT2D eigenvalue weighted by Gasteiger charge is 2.09. The molecular weight excluding hydrogens is 236 g/mol. The first-order valence-corrected chi connectivity index (χ1v) is 7.12. The molecule has 2 aromatic carbocycles. The van der Waals surface area contributed by atoms with E-state index in [0.717, 1.165) is 0 Å². The van der Waals surface area contributed by atoms with Gasteiger partial charge in [0.15, 0.2) is 0 Å². The second-order valence-electron chi connectivity index (χ2n) is 5.00. The van der Waals surface area contributed by atoms with Crippen LogP contribution < -0.4 is 0 Å². The van der Waals surface area contributed by atoms with Crippen molar-refractivity contribution < 1.29 is 0 Å². The van der Waals surface area contributed by atoms with Crippen LogP contribution in [0.4, 0.5) is 0 Å². The molecule has 0 amide bonds. The number of hydrogen-bond acceptors (Lipinski definition) is 1. The van der Waals surface area contributed by atoms with Crippen LogP contribution in [0.5, 0.6) is 0 Å². The normalized spacial score (nSPS) is 10.7. The Morgan fingerprint density at radius 2 is 1.22 bits per heavy atom. The van der Waals surface area contributed by atoms with E-state index in [1.165, 1.54) is 37.6 Å². The summed E-state index contributed by atoms with van der Waals surface area (Å²) >= 11 is 1.88. The van der Waals surface area contributed by atoms with E-state index in [2.05, 4.69) is 65.0 Å². The minimum atomic E-state index is 1.31. The predicted molar refractivity (Wildman–Crippen MR) is 80.7 cm³/mol. The minimum Gasteiger partial charge on any atom is -0.0895 e. The molecule has 2 rings (SSSR count). The van der Waals surface area contributed by atoms with Crippen LogP contribution in [0.2, 0.25) is 0 Å². The Hall–Kier alpha value is -1.21. The van der Waals surface area contributed by atoms with Crippen molar-refractivity contribution in [3.8, 4) is 0 Å². The molecule has 0 unspecified atom stereocenters. The standard InChI is InChI=1S/C17H20S/c1-11-6-8-16(9-7-11)18-17-14(4)12(2)10-13(3)15(17)5/h6-10H,1-5H3. The molecule has 0 atom stereocenters. The molecule has 0 radical (unpaired) electrons. The van der Waals surface area contributed by atoms with Crippen molar-refractivity contribution in [3.05, 3.63) is 58.1 Å². The maximum absolute atomic E-state index is 2.28. The average Bonchev–Trinajstić information content (AvgIpc) is 2.34. The predicted octanol–water partition coefficient (Wildman–Crippen LogP) is 5.38. The Morgan fingerprint density at radius 3 is 1.72 bits per heavy atom. The molecule has 0 aliphatic rings. The fourth-order valence-corrected chi connectivity index (χ4v) is 3.19. The van der Waals surface area contributed by atoms with Crippen molar-refractivity contribution in [3.63, 3.8) is 0 Å². The zero-order valence-corrected chi connectivity index (χ0v) is 12.6. The third-order valence-electron chi connectivity index (χ3n) is 3.54. The van der Waals surface area contributed by atoms with Gasteiger partial charge in [0.05, 0.1) is 0 Å². The smallest absolute Gasteiger partial charge is 0.0186 e. The van der Waals surface area contributed by atoms with E-state index in [9.17, 15) is 0 Å². The zero-order chi connectivity index (χ0) is 13.3. The SMILES string of the molecule is Cc1ccc(Sc2c(C)c(C)cc(C)c2C)cc1. The van der Waals surface area contributed by atoms with E-state index in [0.29, 0.717) is 0 Å². The van der Waals surface area contributed by atoms with Crippen LogP contribution >= 0.6 is 11.8 Å². The van der Waals surface area contributed by atoms with E-state index < -0.39 is 0 Å². The Balaban J connectivity index is 2.42. The second-order valence-corrected chi connectivity index (χ2v) is 6.09. The van der Waals surface area contributed by atoms with Gasteiger partial charge in [-0.1, -0.05) is 35.5 Å². The van der Waals surface area contributed by atoms with Gasteiger partial charge < -0.3 is 0 Å². The lowest BCUT2D eigenvalue weighted by Crippen LogP contribution is -1.93. The van der Waals surface area contributed by atoms with Crippen molar-refractivity contribution >= 4 is 11.8 Å². The number of rotatable bonds is 2. The molecule has 0 nitrogen and oxygen atoms in total. The van der Waals surface area contributed by atoms with E-state index in [4.69, 9.17) is 0 Å². The van der Waals surface area contributed by atoms with Gasteiger partial charge in [0.2, 0.25) is 0 Å². The van der Waals surface area contributed by atoms with Crippen molar-refractivity contribution in [2.24, 2.45) is 0 Å². The molecule has 0 spiro atoms. The quantitative estimate of drug-likeness (QED) is 0.695. The molecule has 0 aromatic heterocycles. The van der Waals surface area contributed by atoms with Crippen molar-refractivity contribution in [1.82, 2.24) is 0 Å². The highest BCUT2D eigenvalue weighted by atomic mass is 32.2. The summed E-state index contributed by atoms with van der Waals surface area (Å²) in [6.45, 7) is 11.0. The van der Waals surface area contributed by atoms with Crippen molar-refractivity contribution in [1.29, 1.82) is 0 Å². The molecule has 0 aliphatic carbocycles. The molecule has 94 valence electrons. The van der Waals surface area contributed by atoms with Gasteiger partial charge in [0.25, 0.3) is 0 Å². The van der Waals surface area contributed by atoms with Crippen molar-refractivity contribution in [2.75, 3.05) is 0 Å². The van der Waals surface area contributed by atoms with E-state index in [-0.39, 0.29) is 0 Å².